The first-order valence-electron chi connectivity index (χ1n) is 10.1. The molecule has 1 aliphatic heterocycles. The molecule has 1 N–H and O–H groups in total. The summed E-state index contributed by atoms with van der Waals surface area (Å²) in [5.74, 6) is 0.865. The molecule has 1 atom stereocenters. The minimum Gasteiger partial charge on any atom is -0.497 e. The van der Waals surface area contributed by atoms with Crippen LogP contribution >= 0.6 is 0 Å². The Balaban J connectivity index is 1.41. The number of rotatable bonds is 9. The summed E-state index contributed by atoms with van der Waals surface area (Å²) in [6, 6.07) is 18.1. The molecule has 2 aromatic carbocycles. The van der Waals surface area contributed by atoms with E-state index in [2.05, 4.69) is 45.7 Å². The van der Waals surface area contributed by atoms with Crippen molar-refractivity contribution in [1.29, 1.82) is 0 Å². The lowest BCUT2D eigenvalue weighted by molar-refractivity contribution is 0.198. The summed E-state index contributed by atoms with van der Waals surface area (Å²) < 4.78 is 32.7. The second-order valence-corrected chi connectivity index (χ2v) is 9.40. The predicted molar refractivity (Wildman–Crippen MR) is 118 cm³/mol. The van der Waals surface area contributed by atoms with Gasteiger partial charge in [-0.2, -0.15) is 0 Å². The SMILES string of the molecule is COc1ccc(CCS(=O)(=O)NC[C@H](C)N2CCN(c3ccccc3)CC2)cc1. The number of hydrogen-bond donors (Lipinski definition) is 1. The van der Waals surface area contributed by atoms with Gasteiger partial charge in [0.2, 0.25) is 10.0 Å². The van der Waals surface area contributed by atoms with Crippen LogP contribution < -0.4 is 14.4 Å². The van der Waals surface area contributed by atoms with Crippen molar-refractivity contribution < 1.29 is 13.2 Å². The highest BCUT2D eigenvalue weighted by Crippen LogP contribution is 2.16. The number of aryl methyl sites for hydroxylation is 1. The number of methoxy groups -OCH3 is 1. The minimum atomic E-state index is -3.30. The van der Waals surface area contributed by atoms with Gasteiger partial charge in [0.15, 0.2) is 0 Å². The summed E-state index contributed by atoms with van der Waals surface area (Å²) in [5, 5.41) is 0. The Morgan fingerprint density at radius 3 is 2.28 bits per heavy atom. The maximum Gasteiger partial charge on any atom is 0.211 e. The normalized spacial score (nSPS) is 16.6. The summed E-state index contributed by atoms with van der Waals surface area (Å²) in [7, 11) is -1.68. The number of benzene rings is 2. The topological polar surface area (TPSA) is 61.9 Å². The minimum absolute atomic E-state index is 0.0911. The first-order valence-corrected chi connectivity index (χ1v) is 11.8. The van der Waals surface area contributed by atoms with Gasteiger partial charge in [0.05, 0.1) is 12.9 Å². The Labute approximate surface area is 174 Å². The molecule has 0 saturated carbocycles. The van der Waals surface area contributed by atoms with Crippen molar-refractivity contribution in [2.24, 2.45) is 0 Å². The third-order valence-electron chi connectivity index (χ3n) is 5.48. The molecule has 2 aromatic rings. The second kappa shape index (κ2) is 10.1. The van der Waals surface area contributed by atoms with Crippen molar-refractivity contribution in [2.45, 2.75) is 19.4 Å². The van der Waals surface area contributed by atoms with Gasteiger partial charge in [-0.3, -0.25) is 4.90 Å². The molecular formula is C22H31N3O3S. The van der Waals surface area contributed by atoms with Gasteiger partial charge >= 0.3 is 0 Å². The predicted octanol–water partition coefficient (Wildman–Crippen LogP) is 2.37. The number of para-hydroxylation sites is 1. The van der Waals surface area contributed by atoms with E-state index in [0.29, 0.717) is 13.0 Å². The van der Waals surface area contributed by atoms with Crippen molar-refractivity contribution in [2.75, 3.05) is 50.5 Å². The van der Waals surface area contributed by atoms with Crippen LogP contribution in [-0.2, 0) is 16.4 Å². The number of nitrogens with one attached hydrogen (secondary N) is 1. The molecule has 158 valence electrons. The third kappa shape index (κ3) is 6.45. The van der Waals surface area contributed by atoms with E-state index in [-0.39, 0.29) is 11.8 Å². The molecule has 0 aliphatic carbocycles. The summed E-state index contributed by atoms with van der Waals surface area (Å²) >= 11 is 0. The van der Waals surface area contributed by atoms with Crippen LogP contribution in [0.15, 0.2) is 54.6 Å². The fraction of sp³-hybridized carbons (Fsp3) is 0.455. The highest BCUT2D eigenvalue weighted by atomic mass is 32.2. The Morgan fingerprint density at radius 2 is 1.66 bits per heavy atom. The zero-order valence-electron chi connectivity index (χ0n) is 17.3. The number of piperazine rings is 1. The van der Waals surface area contributed by atoms with Crippen molar-refractivity contribution in [1.82, 2.24) is 9.62 Å². The second-order valence-electron chi connectivity index (χ2n) is 7.47. The van der Waals surface area contributed by atoms with E-state index in [4.69, 9.17) is 4.74 Å². The summed E-state index contributed by atoms with van der Waals surface area (Å²) in [5.41, 5.74) is 2.24. The molecule has 3 rings (SSSR count). The standard InChI is InChI=1S/C22H31N3O3S/c1-19(24-13-15-25(16-14-24)21-6-4-3-5-7-21)18-23-29(26,27)17-12-20-8-10-22(28-2)11-9-20/h3-11,19,23H,12-18H2,1-2H3/t19-/m0/s1. The molecule has 7 heteroatoms. The molecule has 1 heterocycles. The molecule has 0 unspecified atom stereocenters. The zero-order chi connectivity index (χ0) is 20.7. The van der Waals surface area contributed by atoms with E-state index >= 15 is 0 Å². The van der Waals surface area contributed by atoms with Crippen molar-refractivity contribution >= 4 is 15.7 Å². The van der Waals surface area contributed by atoms with Gasteiger partial charge in [-0.05, 0) is 43.2 Å². The molecule has 29 heavy (non-hydrogen) atoms. The van der Waals surface area contributed by atoms with Gasteiger partial charge in [0, 0.05) is 44.5 Å². The van der Waals surface area contributed by atoms with Crippen LogP contribution in [0.1, 0.15) is 12.5 Å². The average molecular weight is 418 g/mol. The number of nitrogens with zero attached hydrogens (tertiary/aromatic N) is 2. The maximum atomic E-state index is 12.4. The molecule has 0 aromatic heterocycles. The van der Waals surface area contributed by atoms with Crippen LogP contribution in [0.3, 0.4) is 0 Å². The average Bonchev–Trinajstić information content (AvgIpc) is 2.77. The van der Waals surface area contributed by atoms with Crippen molar-refractivity contribution in [3.05, 3.63) is 60.2 Å². The van der Waals surface area contributed by atoms with Gasteiger partial charge < -0.3 is 9.64 Å². The molecular weight excluding hydrogens is 386 g/mol. The van der Waals surface area contributed by atoms with E-state index in [1.165, 1.54) is 5.69 Å². The van der Waals surface area contributed by atoms with Crippen LogP contribution in [0.2, 0.25) is 0 Å². The van der Waals surface area contributed by atoms with E-state index in [0.717, 1.165) is 37.5 Å². The van der Waals surface area contributed by atoms with Gasteiger partial charge in [0.1, 0.15) is 5.75 Å². The van der Waals surface area contributed by atoms with Crippen LogP contribution in [0.4, 0.5) is 5.69 Å². The zero-order valence-corrected chi connectivity index (χ0v) is 18.1. The Hall–Kier alpha value is -2.09. The van der Waals surface area contributed by atoms with Crippen LogP contribution in [0.25, 0.3) is 0 Å². The number of anilines is 1. The van der Waals surface area contributed by atoms with Gasteiger partial charge in [-0.1, -0.05) is 30.3 Å². The lowest BCUT2D eigenvalue weighted by Crippen LogP contribution is -2.52. The molecule has 0 bridgehead atoms. The van der Waals surface area contributed by atoms with Crippen molar-refractivity contribution in [3.8, 4) is 5.75 Å². The highest BCUT2D eigenvalue weighted by molar-refractivity contribution is 7.89. The monoisotopic (exact) mass is 417 g/mol. The Morgan fingerprint density at radius 1 is 1.00 bits per heavy atom. The molecule has 0 amide bonds. The first kappa shape index (κ1) is 21.6. The fourth-order valence-electron chi connectivity index (χ4n) is 3.55. The molecule has 1 aliphatic rings. The largest absolute Gasteiger partial charge is 0.497 e. The lowest BCUT2D eigenvalue weighted by atomic mass is 10.2. The number of hydrogen-bond acceptors (Lipinski definition) is 5. The van der Waals surface area contributed by atoms with E-state index < -0.39 is 10.0 Å². The number of ether oxygens (including phenoxy) is 1. The van der Waals surface area contributed by atoms with E-state index in [9.17, 15) is 8.42 Å². The quantitative estimate of drug-likeness (QED) is 0.679. The highest BCUT2D eigenvalue weighted by Gasteiger charge is 2.22. The number of sulfonamides is 1. The summed E-state index contributed by atoms with van der Waals surface area (Å²) in [4.78, 5) is 4.73. The van der Waals surface area contributed by atoms with Crippen molar-refractivity contribution in [3.63, 3.8) is 0 Å². The van der Waals surface area contributed by atoms with Gasteiger partial charge in [-0.15, -0.1) is 0 Å². The molecule has 0 radical (unpaired) electrons. The van der Waals surface area contributed by atoms with Gasteiger partial charge in [-0.25, -0.2) is 13.1 Å². The molecule has 0 spiro atoms. The van der Waals surface area contributed by atoms with Gasteiger partial charge in [0.25, 0.3) is 0 Å². The molecule has 1 fully saturated rings. The summed E-state index contributed by atoms with van der Waals surface area (Å²) in [6.45, 7) is 6.31. The van der Waals surface area contributed by atoms with Crippen LogP contribution in [0.5, 0.6) is 5.75 Å². The van der Waals surface area contributed by atoms with E-state index in [1.54, 1.807) is 7.11 Å². The molecule has 6 nitrogen and oxygen atoms in total. The van der Waals surface area contributed by atoms with E-state index in [1.807, 2.05) is 30.3 Å². The fourth-order valence-corrected chi connectivity index (χ4v) is 4.70. The lowest BCUT2D eigenvalue weighted by Gasteiger charge is -2.39. The first-order chi connectivity index (χ1) is 14.0. The Kier molecular flexibility index (Phi) is 7.52. The van der Waals surface area contributed by atoms with Crippen LogP contribution in [0, 0.1) is 0 Å². The Bertz CT molecular complexity index is 849. The third-order valence-corrected chi connectivity index (χ3v) is 6.82. The smallest absolute Gasteiger partial charge is 0.211 e. The maximum absolute atomic E-state index is 12.4. The van der Waals surface area contributed by atoms with Crippen LogP contribution in [-0.4, -0.2) is 64.9 Å². The molecule has 1 saturated heterocycles. The summed E-state index contributed by atoms with van der Waals surface area (Å²) in [6.07, 6.45) is 0.490.